The van der Waals surface area contributed by atoms with Gasteiger partial charge in [-0.1, -0.05) is 58.3 Å². The summed E-state index contributed by atoms with van der Waals surface area (Å²) in [7, 11) is 0. The van der Waals surface area contributed by atoms with E-state index in [0.29, 0.717) is 0 Å². The number of hydrogen-bond donors (Lipinski definition) is 0. The molecule has 0 aliphatic rings. The van der Waals surface area contributed by atoms with Gasteiger partial charge in [-0.25, -0.2) is 4.79 Å². The maximum atomic E-state index is 11.9. The van der Waals surface area contributed by atoms with Gasteiger partial charge in [0.05, 0.1) is 4.92 Å². The lowest BCUT2D eigenvalue weighted by molar-refractivity contribution is -0.384. The third-order valence-corrected chi connectivity index (χ3v) is 4.49. The standard InChI is InChI=1S/C21H33NO5/c1-4-5-6-7-8-9-10-11-12-17-21(2,3)27-20(23)26-19-15-13-18(14-16-19)22(24)25/h13-16H,4-12,17H2,1-3H3. The summed E-state index contributed by atoms with van der Waals surface area (Å²) >= 11 is 0. The van der Waals surface area contributed by atoms with Crippen LogP contribution in [0.2, 0.25) is 0 Å². The van der Waals surface area contributed by atoms with E-state index in [2.05, 4.69) is 6.92 Å². The lowest BCUT2D eigenvalue weighted by Gasteiger charge is -2.24. The molecule has 1 rings (SSSR count). The normalized spacial score (nSPS) is 11.2. The summed E-state index contributed by atoms with van der Waals surface area (Å²) < 4.78 is 10.5. The van der Waals surface area contributed by atoms with E-state index in [-0.39, 0.29) is 11.4 Å². The molecule has 0 N–H and O–H groups in total. The average Bonchev–Trinajstić information content (AvgIpc) is 2.60. The molecule has 152 valence electrons. The molecule has 6 nitrogen and oxygen atoms in total. The predicted molar refractivity (Wildman–Crippen MR) is 106 cm³/mol. The smallest absolute Gasteiger partial charge is 0.428 e. The van der Waals surface area contributed by atoms with Crippen molar-refractivity contribution in [2.75, 3.05) is 0 Å². The molecular weight excluding hydrogens is 346 g/mol. The van der Waals surface area contributed by atoms with E-state index in [1.165, 1.54) is 69.2 Å². The first kappa shape index (κ1) is 22.9. The highest BCUT2D eigenvalue weighted by Gasteiger charge is 2.24. The molecule has 27 heavy (non-hydrogen) atoms. The van der Waals surface area contributed by atoms with Gasteiger partial charge in [0, 0.05) is 12.1 Å². The Kier molecular flexibility index (Phi) is 10.5. The van der Waals surface area contributed by atoms with Gasteiger partial charge in [0.1, 0.15) is 11.4 Å². The fourth-order valence-electron chi connectivity index (χ4n) is 2.89. The van der Waals surface area contributed by atoms with Gasteiger partial charge in [0.15, 0.2) is 0 Å². The molecule has 0 radical (unpaired) electrons. The minimum Gasteiger partial charge on any atom is -0.428 e. The van der Waals surface area contributed by atoms with Gasteiger partial charge in [-0.3, -0.25) is 10.1 Å². The fourth-order valence-corrected chi connectivity index (χ4v) is 2.89. The van der Waals surface area contributed by atoms with Crippen LogP contribution in [0.4, 0.5) is 10.5 Å². The number of nitrogens with zero attached hydrogens (tertiary/aromatic N) is 1. The van der Waals surface area contributed by atoms with Crippen LogP contribution in [-0.4, -0.2) is 16.7 Å². The number of carbonyl (C=O) groups is 1. The van der Waals surface area contributed by atoms with Crippen molar-refractivity contribution in [2.24, 2.45) is 0 Å². The van der Waals surface area contributed by atoms with Gasteiger partial charge in [-0.05, 0) is 38.8 Å². The lowest BCUT2D eigenvalue weighted by atomic mass is 9.99. The Bertz CT molecular complexity index is 568. The molecule has 0 aliphatic carbocycles. The van der Waals surface area contributed by atoms with Crippen LogP contribution in [0.5, 0.6) is 5.75 Å². The molecule has 0 fully saturated rings. The van der Waals surface area contributed by atoms with Gasteiger partial charge < -0.3 is 9.47 Å². The quantitative estimate of drug-likeness (QED) is 0.124. The largest absolute Gasteiger partial charge is 0.514 e. The Morgan fingerprint density at radius 3 is 2.00 bits per heavy atom. The van der Waals surface area contributed by atoms with E-state index in [4.69, 9.17) is 9.47 Å². The van der Waals surface area contributed by atoms with Crippen molar-refractivity contribution in [3.8, 4) is 5.75 Å². The molecule has 0 atom stereocenters. The highest BCUT2D eigenvalue weighted by molar-refractivity contribution is 5.64. The highest BCUT2D eigenvalue weighted by atomic mass is 16.7. The summed E-state index contributed by atoms with van der Waals surface area (Å²) in [6.07, 6.45) is 11.2. The lowest BCUT2D eigenvalue weighted by Crippen LogP contribution is -2.29. The van der Waals surface area contributed by atoms with Crippen LogP contribution in [0.25, 0.3) is 0 Å². The number of hydrogen-bond acceptors (Lipinski definition) is 5. The summed E-state index contributed by atoms with van der Waals surface area (Å²) in [5.74, 6) is 0.226. The summed E-state index contributed by atoms with van der Waals surface area (Å²) in [6, 6.07) is 5.34. The molecular formula is C21H33NO5. The number of nitro benzene ring substituents is 1. The van der Waals surface area contributed by atoms with Gasteiger partial charge in [-0.15, -0.1) is 0 Å². The van der Waals surface area contributed by atoms with Crippen molar-refractivity contribution >= 4 is 11.8 Å². The zero-order valence-corrected chi connectivity index (χ0v) is 16.9. The molecule has 0 bridgehead atoms. The summed E-state index contributed by atoms with van der Waals surface area (Å²) in [4.78, 5) is 22.0. The van der Waals surface area contributed by atoms with Crippen molar-refractivity contribution in [1.82, 2.24) is 0 Å². The average molecular weight is 379 g/mol. The van der Waals surface area contributed by atoms with Crippen LogP contribution in [0, 0.1) is 10.1 Å². The Balaban J connectivity index is 2.21. The van der Waals surface area contributed by atoms with Crippen LogP contribution in [-0.2, 0) is 4.74 Å². The van der Waals surface area contributed by atoms with E-state index < -0.39 is 16.7 Å². The molecule has 0 aromatic heterocycles. The van der Waals surface area contributed by atoms with Crippen LogP contribution >= 0.6 is 0 Å². The van der Waals surface area contributed by atoms with Crippen molar-refractivity contribution in [1.29, 1.82) is 0 Å². The number of nitro groups is 1. The number of benzene rings is 1. The third kappa shape index (κ3) is 10.6. The maximum Gasteiger partial charge on any atom is 0.514 e. The summed E-state index contributed by atoms with van der Waals surface area (Å²) in [5, 5.41) is 10.6. The minimum atomic E-state index is -0.787. The van der Waals surface area contributed by atoms with Gasteiger partial charge in [0.2, 0.25) is 0 Å². The van der Waals surface area contributed by atoms with E-state index in [9.17, 15) is 14.9 Å². The van der Waals surface area contributed by atoms with Gasteiger partial charge >= 0.3 is 6.16 Å². The molecule has 6 heteroatoms. The molecule has 0 saturated carbocycles. The first-order valence-electron chi connectivity index (χ1n) is 9.99. The minimum absolute atomic E-state index is 0.0542. The van der Waals surface area contributed by atoms with Gasteiger partial charge in [-0.2, -0.15) is 0 Å². The highest BCUT2D eigenvalue weighted by Crippen LogP contribution is 2.22. The molecule has 0 saturated heterocycles. The molecule has 0 unspecified atom stereocenters. The zero-order valence-electron chi connectivity index (χ0n) is 16.9. The van der Waals surface area contributed by atoms with E-state index in [1.54, 1.807) is 0 Å². The van der Waals surface area contributed by atoms with Crippen molar-refractivity contribution < 1.29 is 19.2 Å². The Morgan fingerprint density at radius 2 is 1.48 bits per heavy atom. The number of carbonyl (C=O) groups excluding carboxylic acids is 1. The Hall–Kier alpha value is -2.11. The number of unbranched alkanes of at least 4 members (excludes halogenated alkanes) is 8. The monoisotopic (exact) mass is 379 g/mol. The molecule has 1 aromatic rings. The third-order valence-electron chi connectivity index (χ3n) is 4.49. The SMILES string of the molecule is CCCCCCCCCCCC(C)(C)OC(=O)Oc1ccc([N+](=O)[O-])cc1. The fraction of sp³-hybridized carbons (Fsp3) is 0.667. The second-order valence-electron chi connectivity index (χ2n) is 7.54. The second kappa shape index (κ2) is 12.3. The first-order chi connectivity index (χ1) is 12.8. The van der Waals surface area contributed by atoms with Crippen LogP contribution in [0.15, 0.2) is 24.3 Å². The van der Waals surface area contributed by atoms with E-state index >= 15 is 0 Å². The second-order valence-corrected chi connectivity index (χ2v) is 7.54. The molecule has 0 amide bonds. The predicted octanol–water partition coefficient (Wildman–Crippen LogP) is 6.81. The van der Waals surface area contributed by atoms with E-state index in [0.717, 1.165) is 19.3 Å². The Morgan fingerprint density at radius 1 is 0.963 bits per heavy atom. The van der Waals surface area contributed by atoms with Crippen molar-refractivity contribution in [2.45, 2.75) is 90.6 Å². The van der Waals surface area contributed by atoms with Crippen LogP contribution < -0.4 is 4.74 Å². The first-order valence-corrected chi connectivity index (χ1v) is 9.99. The molecule has 0 spiro atoms. The Labute approximate surface area is 162 Å². The number of rotatable bonds is 13. The van der Waals surface area contributed by atoms with Crippen LogP contribution in [0.1, 0.15) is 85.0 Å². The number of non-ortho nitro benzene ring substituents is 1. The molecule has 0 aliphatic heterocycles. The molecule has 1 aromatic carbocycles. The topological polar surface area (TPSA) is 78.7 Å². The van der Waals surface area contributed by atoms with Crippen LogP contribution in [0.3, 0.4) is 0 Å². The van der Waals surface area contributed by atoms with Crippen molar-refractivity contribution in [3.63, 3.8) is 0 Å². The summed E-state index contributed by atoms with van der Waals surface area (Å²) in [5.41, 5.74) is -0.652. The summed E-state index contributed by atoms with van der Waals surface area (Å²) in [6.45, 7) is 5.97. The zero-order chi connectivity index (χ0) is 20.1. The maximum absolute atomic E-state index is 11.9. The number of ether oxygens (including phenoxy) is 2. The van der Waals surface area contributed by atoms with E-state index in [1.807, 2.05) is 13.8 Å². The van der Waals surface area contributed by atoms with Gasteiger partial charge in [0.25, 0.3) is 5.69 Å². The molecule has 0 heterocycles. The van der Waals surface area contributed by atoms with Crippen molar-refractivity contribution in [3.05, 3.63) is 34.4 Å².